The van der Waals surface area contributed by atoms with Crippen LogP contribution in [0.2, 0.25) is 0 Å². The predicted molar refractivity (Wildman–Crippen MR) is 115 cm³/mol. The summed E-state index contributed by atoms with van der Waals surface area (Å²) in [5, 5.41) is 9.51. The molecule has 30 heavy (non-hydrogen) atoms. The summed E-state index contributed by atoms with van der Waals surface area (Å²) in [5.41, 5.74) is 2.95. The summed E-state index contributed by atoms with van der Waals surface area (Å²) >= 11 is 0. The van der Waals surface area contributed by atoms with Crippen LogP contribution in [0.1, 0.15) is 42.3 Å². The number of hydrazone groups is 1. The van der Waals surface area contributed by atoms with E-state index in [1.54, 1.807) is 18.4 Å². The van der Waals surface area contributed by atoms with Crippen molar-refractivity contribution in [2.75, 3.05) is 13.7 Å². The number of hydrogen-bond acceptors (Lipinski definition) is 5. The minimum Gasteiger partial charge on any atom is -0.497 e. The molecule has 1 amide bonds. The van der Waals surface area contributed by atoms with Crippen LogP contribution in [0.25, 0.3) is 0 Å². The lowest BCUT2D eigenvalue weighted by atomic mass is 10.0. The van der Waals surface area contributed by atoms with Crippen molar-refractivity contribution >= 4 is 11.6 Å². The number of nitrogens with one attached hydrogen (secondary N) is 1. The van der Waals surface area contributed by atoms with Crippen LogP contribution in [0.3, 0.4) is 0 Å². The molecule has 0 aliphatic carbocycles. The summed E-state index contributed by atoms with van der Waals surface area (Å²) in [4.78, 5) is 13.1. The lowest BCUT2D eigenvalue weighted by Crippen LogP contribution is -2.36. The van der Waals surface area contributed by atoms with Gasteiger partial charge in [-0.25, -0.2) is 5.01 Å². The first kappa shape index (κ1) is 19.9. The maximum absolute atomic E-state index is 13.1. The van der Waals surface area contributed by atoms with Crippen LogP contribution in [0, 0.1) is 0 Å². The molecule has 0 saturated carbocycles. The van der Waals surface area contributed by atoms with Gasteiger partial charge in [-0.3, -0.25) is 4.79 Å². The van der Waals surface area contributed by atoms with Crippen molar-refractivity contribution in [3.8, 4) is 5.75 Å². The Morgan fingerprint density at radius 1 is 1.17 bits per heavy atom. The number of carbonyl (C=O) groups excluding carboxylic acids is 1. The molecule has 3 aromatic rings. The van der Waals surface area contributed by atoms with Gasteiger partial charge in [-0.2, -0.15) is 5.10 Å². The lowest BCUT2D eigenvalue weighted by molar-refractivity contribution is -0.132. The largest absolute Gasteiger partial charge is 0.497 e. The first-order valence-corrected chi connectivity index (χ1v) is 10.0. The zero-order chi connectivity index (χ0) is 20.9. The smallest absolute Gasteiger partial charge is 0.257 e. The Balaban J connectivity index is 1.51. The molecule has 154 valence electrons. The van der Waals surface area contributed by atoms with E-state index in [1.807, 2.05) is 73.7 Å². The molecule has 1 aliphatic heterocycles. The third-order valence-electron chi connectivity index (χ3n) is 5.32. The van der Waals surface area contributed by atoms with E-state index in [4.69, 9.17) is 9.15 Å². The first-order chi connectivity index (χ1) is 14.7. The number of ether oxygens (including phenoxy) is 1. The minimum atomic E-state index is -0.251. The molecular formula is C24H25N3O3. The number of methoxy groups -OCH3 is 1. The topological polar surface area (TPSA) is 67.1 Å². The summed E-state index contributed by atoms with van der Waals surface area (Å²) in [5.74, 6) is 1.42. The van der Waals surface area contributed by atoms with E-state index in [2.05, 4.69) is 10.4 Å². The summed E-state index contributed by atoms with van der Waals surface area (Å²) in [6.07, 6.45) is 2.22. The van der Waals surface area contributed by atoms with E-state index in [-0.39, 0.29) is 24.5 Å². The van der Waals surface area contributed by atoms with Gasteiger partial charge in [-0.1, -0.05) is 30.3 Å². The minimum absolute atomic E-state index is 0.0601. The van der Waals surface area contributed by atoms with Crippen molar-refractivity contribution in [1.29, 1.82) is 0 Å². The van der Waals surface area contributed by atoms with Crippen LogP contribution in [-0.2, 0) is 4.79 Å². The molecule has 0 radical (unpaired) electrons. The van der Waals surface area contributed by atoms with Gasteiger partial charge in [0.2, 0.25) is 0 Å². The van der Waals surface area contributed by atoms with Gasteiger partial charge in [-0.15, -0.1) is 0 Å². The zero-order valence-corrected chi connectivity index (χ0v) is 17.1. The van der Waals surface area contributed by atoms with Crippen molar-refractivity contribution in [3.63, 3.8) is 0 Å². The molecule has 2 atom stereocenters. The van der Waals surface area contributed by atoms with Crippen molar-refractivity contribution < 1.29 is 13.9 Å². The van der Waals surface area contributed by atoms with Gasteiger partial charge >= 0.3 is 0 Å². The second kappa shape index (κ2) is 8.97. The predicted octanol–water partition coefficient (Wildman–Crippen LogP) is 4.32. The molecule has 2 aromatic carbocycles. The molecule has 0 bridgehead atoms. The van der Waals surface area contributed by atoms with E-state index < -0.39 is 0 Å². The van der Waals surface area contributed by atoms with Crippen LogP contribution in [0.15, 0.2) is 82.5 Å². The van der Waals surface area contributed by atoms with E-state index in [0.29, 0.717) is 6.42 Å². The molecule has 0 spiro atoms. The standard InChI is InChI=1S/C24H25N3O3/c1-17(18-7-4-3-5-8-18)25-16-24(28)27-22(23-9-6-14-30-23)15-21(26-27)19-10-12-20(29-2)13-11-19/h3-14,17,22,25H,15-16H2,1-2H3/t17-,22-/m0/s1. The van der Waals surface area contributed by atoms with Crippen LogP contribution in [-0.4, -0.2) is 30.3 Å². The fourth-order valence-electron chi connectivity index (χ4n) is 3.58. The van der Waals surface area contributed by atoms with E-state index in [1.165, 1.54) is 0 Å². The Hall–Kier alpha value is -3.38. The molecule has 2 heterocycles. The van der Waals surface area contributed by atoms with Crippen LogP contribution in [0.4, 0.5) is 0 Å². The highest BCUT2D eigenvalue weighted by atomic mass is 16.5. The Kier molecular flexibility index (Phi) is 5.95. The number of amides is 1. The number of furan rings is 1. The molecule has 1 N–H and O–H groups in total. The van der Waals surface area contributed by atoms with Gasteiger partial charge in [0.15, 0.2) is 0 Å². The second-order valence-corrected chi connectivity index (χ2v) is 7.26. The van der Waals surface area contributed by atoms with Crippen molar-refractivity contribution in [1.82, 2.24) is 10.3 Å². The highest BCUT2D eigenvalue weighted by Crippen LogP contribution is 2.33. The fourth-order valence-corrected chi connectivity index (χ4v) is 3.58. The number of carbonyl (C=O) groups is 1. The average molecular weight is 403 g/mol. The second-order valence-electron chi connectivity index (χ2n) is 7.26. The fraction of sp³-hybridized carbons (Fsp3) is 0.250. The SMILES string of the molecule is COc1ccc(C2=NN(C(=O)CN[C@@H](C)c3ccccc3)[C@H](c3ccco3)C2)cc1. The molecule has 6 nitrogen and oxygen atoms in total. The highest BCUT2D eigenvalue weighted by Gasteiger charge is 2.34. The normalized spacial score (nSPS) is 16.9. The molecule has 0 unspecified atom stereocenters. The van der Waals surface area contributed by atoms with E-state index >= 15 is 0 Å². The van der Waals surface area contributed by atoms with Crippen LogP contribution < -0.4 is 10.1 Å². The third-order valence-corrected chi connectivity index (χ3v) is 5.32. The van der Waals surface area contributed by atoms with Gasteiger partial charge in [0.1, 0.15) is 17.6 Å². The maximum Gasteiger partial charge on any atom is 0.257 e. The quantitative estimate of drug-likeness (QED) is 0.638. The average Bonchev–Trinajstić information content (AvgIpc) is 3.48. The van der Waals surface area contributed by atoms with Gasteiger partial charge in [0, 0.05) is 12.5 Å². The Bertz CT molecular complexity index is 998. The summed E-state index contributed by atoms with van der Waals surface area (Å²) in [6, 6.07) is 21.3. The summed E-state index contributed by atoms with van der Waals surface area (Å²) < 4.78 is 10.8. The van der Waals surface area contributed by atoms with Crippen LogP contribution >= 0.6 is 0 Å². The number of nitrogens with zero attached hydrogens (tertiary/aromatic N) is 2. The maximum atomic E-state index is 13.1. The Morgan fingerprint density at radius 3 is 2.60 bits per heavy atom. The molecule has 0 saturated heterocycles. The van der Waals surface area contributed by atoms with Gasteiger partial charge in [0.25, 0.3) is 5.91 Å². The van der Waals surface area contributed by atoms with Crippen molar-refractivity contribution in [2.45, 2.75) is 25.4 Å². The number of rotatable bonds is 7. The van der Waals surface area contributed by atoms with Crippen LogP contribution in [0.5, 0.6) is 5.75 Å². The monoisotopic (exact) mass is 403 g/mol. The molecule has 6 heteroatoms. The Morgan fingerprint density at radius 2 is 1.93 bits per heavy atom. The number of hydrogen-bond donors (Lipinski definition) is 1. The van der Waals surface area contributed by atoms with Crippen molar-refractivity contribution in [2.24, 2.45) is 5.10 Å². The molecule has 4 rings (SSSR count). The van der Waals surface area contributed by atoms with Gasteiger partial charge in [0.05, 0.1) is 25.6 Å². The molecule has 1 aromatic heterocycles. The third kappa shape index (κ3) is 4.28. The van der Waals surface area contributed by atoms with Gasteiger partial charge in [-0.05, 0) is 54.4 Å². The molecule has 1 aliphatic rings. The zero-order valence-electron chi connectivity index (χ0n) is 17.1. The summed E-state index contributed by atoms with van der Waals surface area (Å²) in [7, 11) is 1.64. The Labute approximate surface area is 176 Å². The van der Waals surface area contributed by atoms with Crippen molar-refractivity contribution in [3.05, 3.63) is 89.9 Å². The number of benzene rings is 2. The first-order valence-electron chi connectivity index (χ1n) is 10.0. The lowest BCUT2D eigenvalue weighted by Gasteiger charge is -2.21. The summed E-state index contributed by atoms with van der Waals surface area (Å²) in [6.45, 7) is 2.23. The van der Waals surface area contributed by atoms with Gasteiger partial charge < -0.3 is 14.5 Å². The van der Waals surface area contributed by atoms with E-state index in [0.717, 1.165) is 28.3 Å². The van der Waals surface area contributed by atoms with E-state index in [9.17, 15) is 4.79 Å². The molecular weight excluding hydrogens is 378 g/mol. The highest BCUT2D eigenvalue weighted by molar-refractivity contribution is 6.03. The molecule has 0 fully saturated rings.